The molecule has 2 aromatic heterocycles. The molecule has 0 aliphatic heterocycles. The smallest absolute Gasteiger partial charge is 0.305 e. The van der Waals surface area contributed by atoms with E-state index < -0.39 is 41.7 Å². The van der Waals surface area contributed by atoms with Gasteiger partial charge in [-0.15, -0.1) is 0 Å². The lowest BCUT2D eigenvalue weighted by molar-refractivity contribution is -0.140. The van der Waals surface area contributed by atoms with E-state index in [4.69, 9.17) is 0 Å². The second kappa shape index (κ2) is 14.0. The summed E-state index contributed by atoms with van der Waals surface area (Å²) in [5.41, 5.74) is 1.61. The van der Waals surface area contributed by atoms with Crippen molar-refractivity contribution < 1.29 is 24.1 Å². The van der Waals surface area contributed by atoms with Crippen LogP contribution in [0.3, 0.4) is 0 Å². The summed E-state index contributed by atoms with van der Waals surface area (Å²) in [6.45, 7) is 4.09. The summed E-state index contributed by atoms with van der Waals surface area (Å²) >= 11 is 0. The van der Waals surface area contributed by atoms with Crippen molar-refractivity contribution in [2.75, 3.05) is 25.5 Å². The summed E-state index contributed by atoms with van der Waals surface area (Å²) in [6.07, 6.45) is 3.10. The number of carboxylic acid groups (broad SMARTS) is 1. The minimum Gasteiger partial charge on any atom is -0.481 e. The molecule has 0 aliphatic carbocycles. The number of aliphatic carboxylic acids is 1. The first-order valence-corrected chi connectivity index (χ1v) is 12.6. The molecule has 1 aromatic carbocycles. The van der Waals surface area contributed by atoms with E-state index in [2.05, 4.69) is 30.6 Å². The van der Waals surface area contributed by atoms with Crippen LogP contribution >= 0.6 is 0 Å². The predicted octanol–water partition coefficient (Wildman–Crippen LogP) is 1.20. The van der Waals surface area contributed by atoms with Crippen LogP contribution in [0.15, 0.2) is 52.1 Å². The summed E-state index contributed by atoms with van der Waals surface area (Å²) in [5.74, 6) is -2.31. The van der Waals surface area contributed by atoms with Crippen LogP contribution in [0, 0.1) is 6.92 Å². The molecule has 3 aromatic rings. The maximum Gasteiger partial charge on any atom is 0.305 e. The lowest BCUT2D eigenvalue weighted by Gasteiger charge is -2.24. The van der Waals surface area contributed by atoms with Gasteiger partial charge in [-0.1, -0.05) is 47.6 Å². The number of hydrogen-bond acceptors (Lipinski definition) is 10. The molecule has 13 heteroatoms. The van der Waals surface area contributed by atoms with Crippen molar-refractivity contribution in [3.05, 3.63) is 70.0 Å². The van der Waals surface area contributed by atoms with Gasteiger partial charge in [-0.05, 0) is 32.4 Å². The Morgan fingerprint density at radius 2 is 1.92 bits per heavy atom. The minimum atomic E-state index is -1.25. The molecule has 2 unspecified atom stereocenters. The summed E-state index contributed by atoms with van der Waals surface area (Å²) in [6, 6.07) is 7.54. The number of aryl methyl sites for hydroxylation is 1. The maximum absolute atomic E-state index is 13.2. The molecular formula is C26H33N7O6. The number of likely N-dealkylation sites (N-methyl/N-ethyl adjacent to an activating group) is 1. The van der Waals surface area contributed by atoms with Crippen molar-refractivity contribution in [2.45, 2.75) is 51.7 Å². The highest BCUT2D eigenvalue weighted by atomic mass is 16.6. The predicted molar refractivity (Wildman–Crippen MR) is 141 cm³/mol. The van der Waals surface area contributed by atoms with Crippen molar-refractivity contribution in [3.8, 4) is 0 Å². The zero-order valence-corrected chi connectivity index (χ0v) is 22.2. The Balaban J connectivity index is 1.67. The molecule has 0 saturated carbocycles. The van der Waals surface area contributed by atoms with Crippen LogP contribution in [0.5, 0.6) is 0 Å². The summed E-state index contributed by atoms with van der Waals surface area (Å²) in [5, 5.41) is 22.2. The number of carboxylic acids is 1. The van der Waals surface area contributed by atoms with E-state index in [1.54, 1.807) is 25.8 Å². The quantitative estimate of drug-likeness (QED) is 0.253. The second-order valence-electron chi connectivity index (χ2n) is 9.16. The molecule has 0 saturated heterocycles. The molecule has 39 heavy (non-hydrogen) atoms. The summed E-state index contributed by atoms with van der Waals surface area (Å²) in [7, 11) is 1.76. The van der Waals surface area contributed by atoms with Crippen LogP contribution in [0.25, 0.3) is 0 Å². The van der Waals surface area contributed by atoms with E-state index in [1.807, 2.05) is 30.3 Å². The first kappa shape index (κ1) is 29.2. The Bertz CT molecular complexity index is 1320. The molecule has 0 radical (unpaired) electrons. The number of hydrogen-bond donors (Lipinski definition) is 3. The zero-order valence-electron chi connectivity index (χ0n) is 22.2. The molecule has 3 rings (SSSR count). The third-order valence-electron chi connectivity index (χ3n) is 6.20. The van der Waals surface area contributed by atoms with Crippen molar-refractivity contribution in [3.63, 3.8) is 0 Å². The Kier molecular flexibility index (Phi) is 10.4. The van der Waals surface area contributed by atoms with E-state index in [0.29, 0.717) is 24.4 Å². The first-order chi connectivity index (χ1) is 18.7. The van der Waals surface area contributed by atoms with E-state index in [-0.39, 0.29) is 25.3 Å². The fourth-order valence-electron chi connectivity index (χ4n) is 3.99. The molecule has 0 bridgehead atoms. The fourth-order valence-corrected chi connectivity index (χ4v) is 3.99. The van der Waals surface area contributed by atoms with E-state index in [1.165, 1.54) is 17.0 Å². The SMILES string of the molecule is CCC(C(=O)NC(CC(=O)O)C(=O)CN(C)CCc1ccccc1)n1ccnc(NCc2nonc2C)c1=O. The average Bonchev–Trinajstić information content (AvgIpc) is 3.32. The number of benzene rings is 1. The highest BCUT2D eigenvalue weighted by Crippen LogP contribution is 2.12. The number of rotatable bonds is 15. The van der Waals surface area contributed by atoms with Crippen molar-refractivity contribution >= 4 is 23.5 Å². The highest BCUT2D eigenvalue weighted by molar-refractivity contribution is 5.93. The Hall–Kier alpha value is -4.39. The van der Waals surface area contributed by atoms with Gasteiger partial charge in [0.25, 0.3) is 5.56 Å². The Morgan fingerprint density at radius 1 is 1.18 bits per heavy atom. The van der Waals surface area contributed by atoms with Gasteiger partial charge >= 0.3 is 5.97 Å². The monoisotopic (exact) mass is 539 g/mol. The summed E-state index contributed by atoms with van der Waals surface area (Å²) in [4.78, 5) is 56.6. The van der Waals surface area contributed by atoms with Crippen LogP contribution in [0.1, 0.15) is 42.8 Å². The number of carbonyl (C=O) groups is 3. The van der Waals surface area contributed by atoms with Gasteiger partial charge < -0.3 is 15.7 Å². The summed E-state index contributed by atoms with van der Waals surface area (Å²) < 4.78 is 5.85. The Labute approximate surface area is 225 Å². The van der Waals surface area contributed by atoms with Crippen LogP contribution in [-0.2, 0) is 27.3 Å². The third kappa shape index (κ3) is 8.30. The number of nitrogens with one attached hydrogen (secondary N) is 2. The molecule has 2 heterocycles. The number of nitrogens with zero attached hydrogens (tertiary/aromatic N) is 5. The number of ketones is 1. The van der Waals surface area contributed by atoms with Gasteiger partial charge in [0, 0.05) is 18.9 Å². The fraction of sp³-hybridized carbons (Fsp3) is 0.423. The normalized spacial score (nSPS) is 12.6. The van der Waals surface area contributed by atoms with Gasteiger partial charge in [-0.25, -0.2) is 9.61 Å². The number of anilines is 1. The topological polar surface area (TPSA) is 173 Å². The largest absolute Gasteiger partial charge is 0.481 e. The van der Waals surface area contributed by atoms with Gasteiger partial charge in [0.2, 0.25) is 5.91 Å². The molecule has 1 amide bonds. The highest BCUT2D eigenvalue weighted by Gasteiger charge is 2.29. The maximum atomic E-state index is 13.2. The second-order valence-corrected chi connectivity index (χ2v) is 9.16. The van der Waals surface area contributed by atoms with E-state index in [0.717, 1.165) is 5.56 Å². The third-order valence-corrected chi connectivity index (χ3v) is 6.20. The van der Waals surface area contributed by atoms with Crippen molar-refractivity contribution in [1.29, 1.82) is 0 Å². The molecule has 0 spiro atoms. The molecule has 2 atom stereocenters. The molecule has 3 N–H and O–H groups in total. The van der Waals surface area contributed by atoms with Gasteiger partial charge in [0.05, 0.1) is 25.6 Å². The van der Waals surface area contributed by atoms with Gasteiger partial charge in [-0.3, -0.25) is 28.6 Å². The average molecular weight is 540 g/mol. The zero-order chi connectivity index (χ0) is 28.4. The van der Waals surface area contributed by atoms with Crippen LogP contribution in [-0.4, -0.2) is 73.7 Å². The van der Waals surface area contributed by atoms with E-state index in [9.17, 15) is 24.3 Å². The molecule has 208 valence electrons. The van der Waals surface area contributed by atoms with Crippen molar-refractivity contribution in [1.82, 2.24) is 30.1 Å². The lowest BCUT2D eigenvalue weighted by Crippen LogP contribution is -2.49. The molecule has 0 aliphatic rings. The Morgan fingerprint density at radius 3 is 2.56 bits per heavy atom. The van der Waals surface area contributed by atoms with Crippen LogP contribution in [0.4, 0.5) is 5.82 Å². The molecule has 13 nitrogen and oxygen atoms in total. The van der Waals surface area contributed by atoms with Crippen LogP contribution < -0.4 is 16.2 Å². The first-order valence-electron chi connectivity index (χ1n) is 12.6. The number of carbonyl (C=O) groups excluding carboxylic acids is 2. The van der Waals surface area contributed by atoms with Crippen LogP contribution in [0.2, 0.25) is 0 Å². The molecular weight excluding hydrogens is 506 g/mol. The number of amides is 1. The van der Waals surface area contributed by atoms with Gasteiger partial charge in [0.15, 0.2) is 11.6 Å². The lowest BCUT2D eigenvalue weighted by atomic mass is 10.1. The standard InChI is InChI=1S/C26H33N7O6/c1-4-21(33-13-11-27-24(26(33)38)28-15-20-17(2)30-39-31-20)25(37)29-19(14-23(35)36)22(34)16-32(3)12-10-18-8-6-5-7-9-18/h5-9,11,13,19,21H,4,10,12,14-16H2,1-3H3,(H,27,28)(H,29,37)(H,35,36). The number of Topliss-reactive ketones (excluding diaryl/α,β-unsaturated/α-hetero) is 1. The van der Waals surface area contributed by atoms with Gasteiger partial charge in [-0.2, -0.15) is 0 Å². The minimum absolute atomic E-state index is 0.00986. The van der Waals surface area contributed by atoms with E-state index >= 15 is 0 Å². The molecule has 0 fully saturated rings. The van der Waals surface area contributed by atoms with Crippen molar-refractivity contribution in [2.24, 2.45) is 0 Å². The van der Waals surface area contributed by atoms with Gasteiger partial charge in [0.1, 0.15) is 17.4 Å². The number of aromatic nitrogens is 4.